The highest BCUT2D eigenvalue weighted by atomic mass is 19.1. The lowest BCUT2D eigenvalue weighted by Gasteiger charge is -2.37. The molecule has 0 aromatic heterocycles. The van der Waals surface area contributed by atoms with Crippen molar-refractivity contribution >= 4 is 23.9 Å². The molecular weight excluding hydrogens is 815 g/mol. The van der Waals surface area contributed by atoms with E-state index in [0.29, 0.717) is 11.1 Å². The van der Waals surface area contributed by atoms with Crippen molar-refractivity contribution in [3.8, 4) is 11.5 Å². The van der Waals surface area contributed by atoms with Gasteiger partial charge < -0.3 is 18.9 Å². The second-order valence-corrected chi connectivity index (χ2v) is 19.1. The summed E-state index contributed by atoms with van der Waals surface area (Å²) in [6.07, 6.45) is 28.6. The summed E-state index contributed by atoms with van der Waals surface area (Å²) in [5, 5.41) is 0. The molecule has 64 heavy (non-hydrogen) atoms. The average Bonchev–Trinajstić information content (AvgIpc) is 3.32. The molecule has 4 aliphatic carbocycles. The van der Waals surface area contributed by atoms with Crippen LogP contribution in [0.1, 0.15) is 166 Å². The van der Waals surface area contributed by atoms with Gasteiger partial charge in [0.15, 0.2) is 23.1 Å². The minimum absolute atomic E-state index is 0.0549. The first-order chi connectivity index (χ1) is 31.0. The van der Waals surface area contributed by atoms with Crippen LogP contribution >= 0.6 is 0 Å². The van der Waals surface area contributed by atoms with E-state index in [1.54, 1.807) is 12.1 Å². The molecule has 6 rings (SSSR count). The number of halogens is 2. The first-order valence-electron chi connectivity index (χ1n) is 24.6. The predicted molar refractivity (Wildman–Crippen MR) is 245 cm³/mol. The van der Waals surface area contributed by atoms with Gasteiger partial charge in [-0.1, -0.05) is 103 Å². The van der Waals surface area contributed by atoms with E-state index < -0.39 is 23.6 Å². The van der Waals surface area contributed by atoms with Crippen LogP contribution in [-0.2, 0) is 41.9 Å². The molecule has 4 aliphatic rings. The molecule has 0 N–H and O–H groups in total. The monoisotopic (exact) mass is 889 g/mol. The maximum atomic E-state index is 14.4. The highest BCUT2D eigenvalue weighted by Crippen LogP contribution is 2.44. The highest BCUT2D eigenvalue weighted by Gasteiger charge is 2.35. The van der Waals surface area contributed by atoms with Gasteiger partial charge in [0.05, 0.1) is 11.8 Å². The Balaban J connectivity index is 0.000000241. The zero-order chi connectivity index (χ0) is 45.8. The van der Waals surface area contributed by atoms with Gasteiger partial charge >= 0.3 is 23.9 Å². The van der Waals surface area contributed by atoms with Crippen molar-refractivity contribution in [2.75, 3.05) is 0 Å². The minimum Gasteiger partial charge on any atom is -0.458 e. The average molecular weight is 889 g/mol. The van der Waals surface area contributed by atoms with Gasteiger partial charge in [0, 0.05) is 12.2 Å². The molecule has 352 valence electrons. The largest absolute Gasteiger partial charge is 0.458 e. The molecule has 10 heteroatoms. The maximum absolute atomic E-state index is 14.4. The quantitative estimate of drug-likeness (QED) is 0.0631. The zero-order valence-corrected chi connectivity index (χ0v) is 38.6. The van der Waals surface area contributed by atoms with Crippen molar-refractivity contribution in [2.24, 2.45) is 47.3 Å². The van der Waals surface area contributed by atoms with Crippen molar-refractivity contribution in [2.45, 2.75) is 168 Å². The van der Waals surface area contributed by atoms with Crippen LogP contribution < -0.4 is 9.47 Å². The van der Waals surface area contributed by atoms with Crippen LogP contribution in [0, 0.1) is 59.0 Å². The summed E-state index contributed by atoms with van der Waals surface area (Å²) in [6.45, 7) is 11.1. The van der Waals surface area contributed by atoms with E-state index in [4.69, 9.17) is 18.9 Å². The van der Waals surface area contributed by atoms with Gasteiger partial charge in [-0.2, -0.15) is 0 Å². The molecule has 0 atom stereocenters. The van der Waals surface area contributed by atoms with Crippen LogP contribution in [0.25, 0.3) is 0 Å². The molecule has 0 unspecified atom stereocenters. The third-order valence-corrected chi connectivity index (χ3v) is 14.7. The van der Waals surface area contributed by atoms with Crippen LogP contribution in [0.5, 0.6) is 11.5 Å². The molecule has 0 heterocycles. The first-order valence-corrected chi connectivity index (χ1v) is 24.6. The number of hydrogen-bond acceptors (Lipinski definition) is 8. The van der Waals surface area contributed by atoms with E-state index in [0.717, 1.165) is 99.0 Å². The summed E-state index contributed by atoms with van der Waals surface area (Å²) in [7, 11) is 0. The molecule has 0 aliphatic heterocycles. The molecule has 0 saturated heterocycles. The van der Waals surface area contributed by atoms with Gasteiger partial charge in [-0.15, -0.1) is 0 Å². The van der Waals surface area contributed by atoms with E-state index in [1.165, 1.54) is 114 Å². The third-order valence-electron chi connectivity index (χ3n) is 14.7. The van der Waals surface area contributed by atoms with Gasteiger partial charge in [-0.05, 0) is 148 Å². The number of ether oxygens (including phenoxy) is 4. The van der Waals surface area contributed by atoms with Crippen molar-refractivity contribution in [3.05, 3.63) is 84.5 Å². The first kappa shape index (κ1) is 50.7. The Morgan fingerprint density at radius 1 is 0.531 bits per heavy atom. The second kappa shape index (κ2) is 26.6. The number of unbranched alkanes of at least 4 members (excludes halogenated alkanes) is 2. The SMILES string of the molecule is C=CC(=O)OCc1ccc(OC(=O)C2CCC(C3CCC(CCC)CC3)CC2)c(F)c1.C=CC(=O)OCc1ccc(OC(=O)C2CCC(C3CCC(CCCCC)CC3)CC2)c(F)c1. The summed E-state index contributed by atoms with van der Waals surface area (Å²) < 4.78 is 49.3. The number of carbonyl (C=O) groups excluding carboxylic acids is 4. The van der Waals surface area contributed by atoms with Crippen molar-refractivity contribution in [3.63, 3.8) is 0 Å². The molecule has 0 spiro atoms. The minimum atomic E-state index is -0.627. The molecule has 8 nitrogen and oxygen atoms in total. The molecule has 0 amide bonds. The topological polar surface area (TPSA) is 105 Å². The van der Waals surface area contributed by atoms with E-state index in [9.17, 15) is 28.0 Å². The Labute approximate surface area is 381 Å². The summed E-state index contributed by atoms with van der Waals surface area (Å²) >= 11 is 0. The van der Waals surface area contributed by atoms with Crippen LogP contribution in [0.2, 0.25) is 0 Å². The lowest BCUT2D eigenvalue weighted by Crippen LogP contribution is -2.30. The second-order valence-electron chi connectivity index (χ2n) is 19.1. The maximum Gasteiger partial charge on any atom is 0.330 e. The number of esters is 4. The highest BCUT2D eigenvalue weighted by molar-refractivity contribution is 5.81. The summed E-state index contributed by atoms with van der Waals surface area (Å²) in [5.74, 6) is 1.41. The van der Waals surface area contributed by atoms with Crippen LogP contribution in [0.4, 0.5) is 8.78 Å². The fourth-order valence-electron chi connectivity index (χ4n) is 10.9. The summed E-state index contributed by atoms with van der Waals surface area (Å²) in [5.41, 5.74) is 0.977. The number of hydrogen-bond donors (Lipinski definition) is 0. The van der Waals surface area contributed by atoms with E-state index in [1.807, 2.05) is 0 Å². The lowest BCUT2D eigenvalue weighted by atomic mass is 9.68. The number of rotatable bonds is 18. The fraction of sp³-hybridized carbons (Fsp3) is 0.630. The smallest absolute Gasteiger partial charge is 0.330 e. The molecule has 2 aromatic rings. The molecule has 4 saturated carbocycles. The Bertz CT molecular complexity index is 1810. The summed E-state index contributed by atoms with van der Waals surface area (Å²) in [4.78, 5) is 47.5. The normalized spacial score (nSPS) is 25.7. The zero-order valence-electron chi connectivity index (χ0n) is 38.6. The van der Waals surface area contributed by atoms with E-state index >= 15 is 0 Å². The molecule has 0 bridgehead atoms. The Morgan fingerprint density at radius 3 is 1.25 bits per heavy atom. The third kappa shape index (κ3) is 16.0. The van der Waals surface area contributed by atoms with Crippen molar-refractivity contribution in [1.29, 1.82) is 0 Å². The van der Waals surface area contributed by atoms with Gasteiger partial charge in [0.2, 0.25) is 0 Å². The Kier molecular flexibility index (Phi) is 21.0. The predicted octanol–water partition coefficient (Wildman–Crippen LogP) is 13.5. The van der Waals surface area contributed by atoms with Crippen molar-refractivity contribution < 1.29 is 46.9 Å². The van der Waals surface area contributed by atoms with E-state index in [2.05, 4.69) is 27.0 Å². The molecule has 4 fully saturated rings. The van der Waals surface area contributed by atoms with Gasteiger partial charge in [0.25, 0.3) is 0 Å². The van der Waals surface area contributed by atoms with Gasteiger partial charge in [-0.3, -0.25) is 9.59 Å². The van der Waals surface area contributed by atoms with Crippen LogP contribution in [0.3, 0.4) is 0 Å². The summed E-state index contributed by atoms with van der Waals surface area (Å²) in [6, 6.07) is 8.49. The van der Waals surface area contributed by atoms with E-state index in [-0.39, 0.29) is 48.5 Å². The Hall–Kier alpha value is -4.34. The lowest BCUT2D eigenvalue weighted by molar-refractivity contribution is -0.141. The molecule has 2 aromatic carbocycles. The molecule has 0 radical (unpaired) electrons. The van der Waals surface area contributed by atoms with Gasteiger partial charge in [-0.25, -0.2) is 18.4 Å². The Morgan fingerprint density at radius 2 is 0.906 bits per heavy atom. The standard InChI is InChI=1S/C28H39FO4.C26H35FO4/c1-3-5-6-7-20-8-11-22(12-9-20)23-13-15-24(16-14-23)28(31)33-26-17-10-21(18-25(26)29)19-32-27(30)4-2;1-3-5-18-6-9-20(10-7-18)21-11-13-22(14-12-21)26(29)31-24-15-8-19(16-23(24)27)17-30-25(28)4-2/h4,10,17-18,20,22-24H,2-3,5-9,11-16,19H2,1H3;4,8,15-16,18,20-22H,2-3,5-7,9-14,17H2,1H3. The van der Waals surface area contributed by atoms with Crippen molar-refractivity contribution in [1.82, 2.24) is 0 Å². The van der Waals surface area contributed by atoms with Gasteiger partial charge in [0.1, 0.15) is 13.2 Å². The van der Waals surface area contributed by atoms with Crippen LogP contribution in [-0.4, -0.2) is 23.9 Å². The number of carbonyl (C=O) groups is 4. The van der Waals surface area contributed by atoms with Crippen LogP contribution in [0.15, 0.2) is 61.7 Å². The fourth-order valence-corrected chi connectivity index (χ4v) is 10.9. The molecular formula is C54H74F2O8. The number of benzene rings is 2.